The van der Waals surface area contributed by atoms with Gasteiger partial charge >= 0.3 is 6.03 Å². The summed E-state index contributed by atoms with van der Waals surface area (Å²) in [5.41, 5.74) is 4.07. The molecule has 0 bridgehead atoms. The van der Waals surface area contributed by atoms with Crippen LogP contribution < -0.4 is 10.6 Å². The van der Waals surface area contributed by atoms with E-state index in [1.807, 2.05) is 72.4 Å². The maximum absolute atomic E-state index is 13.8. The average Bonchev–Trinajstić information content (AvgIpc) is 3.52. The highest BCUT2D eigenvalue weighted by Crippen LogP contribution is 2.39. The predicted octanol–water partition coefficient (Wildman–Crippen LogP) is 5.31. The fraction of sp³-hybridized carbons (Fsp3) is 0.385. The first-order valence-electron chi connectivity index (χ1n) is 11.8. The number of hydrogen-bond acceptors (Lipinski definition) is 4. The number of anilines is 1. The minimum atomic E-state index is -0.202. The van der Waals surface area contributed by atoms with Crippen molar-refractivity contribution >= 4 is 40.7 Å². The summed E-state index contributed by atoms with van der Waals surface area (Å²) in [6, 6.07) is 11.6. The molecule has 2 aliphatic heterocycles. The van der Waals surface area contributed by atoms with Crippen LogP contribution in [0.25, 0.3) is 5.00 Å². The highest BCUT2D eigenvalue weighted by Gasteiger charge is 2.31. The Bertz CT molecular complexity index is 1150. The van der Waals surface area contributed by atoms with Crippen molar-refractivity contribution in [1.82, 2.24) is 14.8 Å². The SMILES string of the molecule is Cc1ccc(NC(=O)NCC2CCCN(C(=O)c3c(-n4cccc4)sc4c3CCSC4)C2)cc1. The van der Waals surface area contributed by atoms with E-state index in [0.717, 1.165) is 59.1 Å². The Balaban J connectivity index is 1.25. The Morgan fingerprint density at radius 1 is 1.15 bits per heavy atom. The monoisotopic (exact) mass is 494 g/mol. The van der Waals surface area contributed by atoms with Crippen molar-refractivity contribution in [3.8, 4) is 5.00 Å². The van der Waals surface area contributed by atoms with Crippen molar-refractivity contribution in [2.45, 2.75) is 31.9 Å². The Kier molecular flexibility index (Phi) is 6.97. The van der Waals surface area contributed by atoms with Crippen LogP contribution in [0.4, 0.5) is 10.5 Å². The Morgan fingerprint density at radius 2 is 1.94 bits per heavy atom. The summed E-state index contributed by atoms with van der Waals surface area (Å²) in [7, 11) is 0. The van der Waals surface area contributed by atoms with Crippen molar-refractivity contribution in [1.29, 1.82) is 0 Å². The lowest BCUT2D eigenvalue weighted by molar-refractivity contribution is 0.0674. The Labute approximate surface area is 208 Å². The quantitative estimate of drug-likeness (QED) is 0.505. The molecule has 4 heterocycles. The molecule has 3 aromatic rings. The lowest BCUT2D eigenvalue weighted by Gasteiger charge is -2.33. The third-order valence-corrected chi connectivity index (χ3v) is 8.94. The van der Waals surface area contributed by atoms with Gasteiger partial charge in [-0.25, -0.2) is 4.79 Å². The first-order valence-corrected chi connectivity index (χ1v) is 13.8. The molecule has 5 rings (SSSR count). The zero-order valence-corrected chi connectivity index (χ0v) is 21.0. The van der Waals surface area contributed by atoms with Crippen LogP contribution in [0.1, 0.15) is 39.2 Å². The number of thioether (sulfide) groups is 1. The summed E-state index contributed by atoms with van der Waals surface area (Å²) in [5.74, 6) is 2.45. The first kappa shape index (κ1) is 23.1. The van der Waals surface area contributed by atoms with Gasteiger partial charge in [-0.3, -0.25) is 4.79 Å². The van der Waals surface area contributed by atoms with Gasteiger partial charge in [0.2, 0.25) is 0 Å². The number of amides is 3. The average molecular weight is 495 g/mol. The molecule has 1 unspecified atom stereocenters. The smallest absolute Gasteiger partial charge is 0.319 e. The number of carbonyl (C=O) groups excluding carboxylic acids is 2. The normalized spacial score (nSPS) is 17.8. The molecular weight excluding hydrogens is 464 g/mol. The van der Waals surface area contributed by atoms with Crippen LogP contribution in [0.3, 0.4) is 0 Å². The lowest BCUT2D eigenvalue weighted by atomic mass is 9.96. The minimum absolute atomic E-state index is 0.141. The van der Waals surface area contributed by atoms with Crippen LogP contribution in [0.2, 0.25) is 0 Å². The summed E-state index contributed by atoms with van der Waals surface area (Å²) >= 11 is 3.70. The Hall–Kier alpha value is -2.71. The second-order valence-electron chi connectivity index (χ2n) is 9.04. The number of hydrogen-bond donors (Lipinski definition) is 2. The van der Waals surface area contributed by atoms with Crippen molar-refractivity contribution in [2.24, 2.45) is 5.92 Å². The minimum Gasteiger partial charge on any atom is -0.338 e. The predicted molar refractivity (Wildman–Crippen MR) is 140 cm³/mol. The van der Waals surface area contributed by atoms with Gasteiger partial charge in [0.25, 0.3) is 5.91 Å². The molecule has 2 aromatic heterocycles. The van der Waals surface area contributed by atoms with E-state index in [-0.39, 0.29) is 17.9 Å². The highest BCUT2D eigenvalue weighted by molar-refractivity contribution is 7.98. The molecule has 3 amide bonds. The van der Waals surface area contributed by atoms with E-state index in [4.69, 9.17) is 0 Å². The van der Waals surface area contributed by atoms with Gasteiger partial charge in [-0.15, -0.1) is 11.3 Å². The van der Waals surface area contributed by atoms with E-state index in [0.29, 0.717) is 13.1 Å². The van der Waals surface area contributed by atoms with E-state index >= 15 is 0 Å². The number of nitrogens with zero attached hydrogens (tertiary/aromatic N) is 2. The van der Waals surface area contributed by atoms with Crippen molar-refractivity contribution < 1.29 is 9.59 Å². The van der Waals surface area contributed by atoms with Crippen molar-refractivity contribution in [3.63, 3.8) is 0 Å². The number of thiophene rings is 1. The zero-order valence-electron chi connectivity index (χ0n) is 19.4. The van der Waals surface area contributed by atoms with E-state index in [2.05, 4.69) is 15.2 Å². The molecule has 2 aliphatic rings. The van der Waals surface area contributed by atoms with E-state index < -0.39 is 0 Å². The molecule has 0 radical (unpaired) electrons. The molecule has 1 saturated heterocycles. The van der Waals surface area contributed by atoms with Crippen LogP contribution >= 0.6 is 23.1 Å². The third-order valence-electron chi connectivity index (χ3n) is 6.52. The number of likely N-dealkylation sites (tertiary alicyclic amines) is 1. The molecule has 0 saturated carbocycles. The van der Waals surface area contributed by atoms with Crippen LogP contribution in [-0.4, -0.2) is 46.8 Å². The largest absolute Gasteiger partial charge is 0.338 e. The lowest BCUT2D eigenvalue weighted by Crippen LogP contribution is -2.44. The molecule has 1 aromatic carbocycles. The number of fused-ring (bicyclic) bond motifs is 1. The number of rotatable bonds is 5. The number of nitrogens with one attached hydrogen (secondary N) is 2. The number of urea groups is 1. The molecule has 34 heavy (non-hydrogen) atoms. The van der Waals surface area contributed by atoms with E-state index in [9.17, 15) is 9.59 Å². The number of aryl methyl sites for hydroxylation is 1. The van der Waals surface area contributed by atoms with Crippen LogP contribution in [0, 0.1) is 12.8 Å². The highest BCUT2D eigenvalue weighted by atomic mass is 32.2. The van der Waals surface area contributed by atoms with Gasteiger partial charge in [-0.05, 0) is 67.7 Å². The molecule has 1 atom stereocenters. The molecule has 1 fully saturated rings. The second kappa shape index (κ2) is 10.3. The van der Waals surface area contributed by atoms with Gasteiger partial charge < -0.3 is 20.1 Å². The standard InChI is InChI=1S/C26H30N4O2S2/c1-18-6-8-20(9-7-18)28-26(32)27-15-19-5-4-13-30(16-19)24(31)23-21-10-14-33-17-22(21)34-25(23)29-11-2-3-12-29/h2-3,6-9,11-12,19H,4-5,10,13-17H2,1H3,(H2,27,28,32). The Morgan fingerprint density at radius 3 is 2.74 bits per heavy atom. The van der Waals surface area contributed by atoms with Gasteiger partial charge in [0.15, 0.2) is 0 Å². The topological polar surface area (TPSA) is 66.4 Å². The maximum Gasteiger partial charge on any atom is 0.319 e. The molecule has 2 N–H and O–H groups in total. The second-order valence-corrected chi connectivity index (χ2v) is 11.2. The van der Waals surface area contributed by atoms with Gasteiger partial charge in [0, 0.05) is 48.3 Å². The van der Waals surface area contributed by atoms with E-state index in [1.165, 1.54) is 10.4 Å². The van der Waals surface area contributed by atoms with Crippen molar-refractivity contribution in [2.75, 3.05) is 30.7 Å². The fourth-order valence-corrected chi connectivity index (χ4v) is 7.15. The van der Waals surface area contributed by atoms with Crippen molar-refractivity contribution in [3.05, 3.63) is 70.4 Å². The van der Waals surface area contributed by atoms with E-state index in [1.54, 1.807) is 11.3 Å². The van der Waals surface area contributed by atoms with Gasteiger partial charge in [0.1, 0.15) is 5.00 Å². The number of carbonyl (C=O) groups is 2. The fourth-order valence-electron chi connectivity index (χ4n) is 4.71. The van der Waals surface area contributed by atoms with Gasteiger partial charge in [0.05, 0.1) is 5.56 Å². The molecular formula is C26H30N4O2S2. The zero-order chi connectivity index (χ0) is 23.5. The summed E-state index contributed by atoms with van der Waals surface area (Å²) in [6.07, 6.45) is 6.97. The van der Waals surface area contributed by atoms with Crippen LogP contribution in [0.15, 0.2) is 48.8 Å². The first-order chi connectivity index (χ1) is 16.6. The number of piperidine rings is 1. The third kappa shape index (κ3) is 5.03. The number of benzene rings is 1. The molecule has 178 valence electrons. The van der Waals surface area contributed by atoms with Crippen LogP contribution in [0.5, 0.6) is 0 Å². The molecule has 0 aliphatic carbocycles. The summed E-state index contributed by atoms with van der Waals surface area (Å²) in [6.45, 7) is 4.03. The van der Waals surface area contributed by atoms with Gasteiger partial charge in [-0.2, -0.15) is 11.8 Å². The molecule has 8 heteroatoms. The van der Waals surface area contributed by atoms with Gasteiger partial charge in [-0.1, -0.05) is 17.7 Å². The molecule has 0 spiro atoms. The summed E-state index contributed by atoms with van der Waals surface area (Å²) in [4.78, 5) is 29.5. The summed E-state index contributed by atoms with van der Waals surface area (Å²) in [5, 5.41) is 6.93. The summed E-state index contributed by atoms with van der Waals surface area (Å²) < 4.78 is 2.08. The number of aromatic nitrogens is 1. The maximum atomic E-state index is 13.8. The molecule has 6 nitrogen and oxygen atoms in total. The van der Waals surface area contributed by atoms with Crippen LogP contribution in [-0.2, 0) is 12.2 Å².